The molecule has 0 aliphatic rings. The molecule has 0 atom stereocenters. The van der Waals surface area contributed by atoms with Crippen molar-refractivity contribution in [3.05, 3.63) is 53.6 Å². The molecule has 23 heavy (non-hydrogen) atoms. The molecule has 1 amide bonds. The van der Waals surface area contributed by atoms with E-state index in [0.717, 1.165) is 24.9 Å². The first-order valence-corrected chi connectivity index (χ1v) is 7.77. The van der Waals surface area contributed by atoms with Crippen molar-refractivity contribution in [2.24, 2.45) is 0 Å². The fourth-order valence-electron chi connectivity index (χ4n) is 1.99. The monoisotopic (exact) mass is 316 g/mol. The lowest BCUT2D eigenvalue weighted by atomic mass is 10.1. The highest BCUT2D eigenvalue weighted by Crippen LogP contribution is 2.04. The number of carbonyl (C=O) groups is 1. The largest absolute Gasteiger partial charge is 0.354 e. The molecule has 0 radical (unpaired) electrons. The van der Waals surface area contributed by atoms with E-state index in [0.29, 0.717) is 24.5 Å². The Kier molecular flexibility index (Phi) is 6.47. The maximum Gasteiger partial charge on any atom is 0.254 e. The van der Waals surface area contributed by atoms with Crippen LogP contribution in [0.2, 0.25) is 0 Å². The van der Waals surface area contributed by atoms with E-state index >= 15 is 0 Å². The predicted molar refractivity (Wildman–Crippen MR) is 87.9 cm³/mol. The molecule has 5 nitrogen and oxygen atoms in total. The predicted octanol–water partition coefficient (Wildman–Crippen LogP) is 2.80. The van der Waals surface area contributed by atoms with Gasteiger partial charge in [-0.2, -0.15) is 0 Å². The van der Waals surface area contributed by atoms with E-state index in [1.807, 2.05) is 0 Å². The Morgan fingerprint density at radius 1 is 1.13 bits per heavy atom. The van der Waals surface area contributed by atoms with Gasteiger partial charge >= 0.3 is 0 Å². The molecule has 0 bridgehead atoms. The van der Waals surface area contributed by atoms with E-state index in [2.05, 4.69) is 27.5 Å². The van der Waals surface area contributed by atoms with Crippen molar-refractivity contribution in [2.45, 2.75) is 26.2 Å². The van der Waals surface area contributed by atoms with Crippen LogP contribution in [0, 0.1) is 5.82 Å². The third kappa shape index (κ3) is 5.65. The molecule has 2 rings (SSSR count). The van der Waals surface area contributed by atoms with Gasteiger partial charge < -0.3 is 10.6 Å². The van der Waals surface area contributed by atoms with Crippen LogP contribution in [0.5, 0.6) is 0 Å². The van der Waals surface area contributed by atoms with Gasteiger partial charge in [0, 0.05) is 25.5 Å². The SMILES string of the molecule is CCCCNc1ncc(C(=O)NCCc2ccc(F)cc2)cn1. The highest BCUT2D eigenvalue weighted by Gasteiger charge is 2.06. The summed E-state index contributed by atoms with van der Waals surface area (Å²) in [6.45, 7) is 3.41. The zero-order valence-corrected chi connectivity index (χ0v) is 13.2. The number of anilines is 1. The Balaban J connectivity index is 1.77. The molecule has 2 aromatic rings. The summed E-state index contributed by atoms with van der Waals surface area (Å²) in [7, 11) is 0. The molecule has 0 saturated carbocycles. The summed E-state index contributed by atoms with van der Waals surface area (Å²) in [5, 5.41) is 5.90. The Hall–Kier alpha value is -2.50. The first-order valence-electron chi connectivity index (χ1n) is 7.77. The number of unbranched alkanes of at least 4 members (excludes halogenated alkanes) is 1. The number of nitrogens with one attached hydrogen (secondary N) is 2. The maximum atomic E-state index is 12.8. The van der Waals surface area contributed by atoms with Crippen LogP contribution in [0.25, 0.3) is 0 Å². The van der Waals surface area contributed by atoms with Gasteiger partial charge in [0.05, 0.1) is 5.56 Å². The molecule has 1 aromatic heterocycles. The summed E-state index contributed by atoms with van der Waals surface area (Å²) in [5.74, 6) is 0.0519. The molecule has 0 saturated heterocycles. The van der Waals surface area contributed by atoms with Crippen LogP contribution in [-0.2, 0) is 6.42 Å². The van der Waals surface area contributed by atoms with E-state index in [1.165, 1.54) is 24.5 Å². The summed E-state index contributed by atoms with van der Waals surface area (Å²) < 4.78 is 12.8. The maximum absolute atomic E-state index is 12.8. The number of carbonyl (C=O) groups excluding carboxylic acids is 1. The Bertz CT molecular complexity index is 613. The van der Waals surface area contributed by atoms with Gasteiger partial charge in [0.15, 0.2) is 0 Å². The fourth-order valence-corrected chi connectivity index (χ4v) is 1.99. The Morgan fingerprint density at radius 3 is 2.48 bits per heavy atom. The van der Waals surface area contributed by atoms with Crippen molar-refractivity contribution in [1.29, 1.82) is 0 Å². The zero-order valence-electron chi connectivity index (χ0n) is 13.2. The highest BCUT2D eigenvalue weighted by molar-refractivity contribution is 5.93. The average Bonchev–Trinajstić information content (AvgIpc) is 2.57. The van der Waals surface area contributed by atoms with E-state index in [9.17, 15) is 9.18 Å². The number of hydrogen-bond acceptors (Lipinski definition) is 4. The molecule has 0 unspecified atom stereocenters. The molecule has 0 aliphatic carbocycles. The lowest BCUT2D eigenvalue weighted by Crippen LogP contribution is -2.26. The molecule has 2 N–H and O–H groups in total. The Labute approximate surface area is 135 Å². The lowest BCUT2D eigenvalue weighted by molar-refractivity contribution is 0.0953. The summed E-state index contributed by atoms with van der Waals surface area (Å²) in [4.78, 5) is 20.2. The minimum Gasteiger partial charge on any atom is -0.354 e. The molecular weight excluding hydrogens is 295 g/mol. The third-order valence-corrected chi connectivity index (χ3v) is 3.34. The van der Waals surface area contributed by atoms with Gasteiger partial charge in [0.1, 0.15) is 5.82 Å². The van der Waals surface area contributed by atoms with Crippen LogP contribution in [0.3, 0.4) is 0 Å². The standard InChI is InChI=1S/C17H21FN4O/c1-2-3-9-20-17-21-11-14(12-22-17)16(23)19-10-8-13-4-6-15(18)7-5-13/h4-7,11-12H,2-3,8-10H2,1H3,(H,19,23)(H,20,21,22). The normalized spacial score (nSPS) is 10.3. The average molecular weight is 316 g/mol. The highest BCUT2D eigenvalue weighted by atomic mass is 19.1. The van der Waals surface area contributed by atoms with Gasteiger partial charge in [-0.1, -0.05) is 25.5 Å². The molecule has 0 spiro atoms. The number of hydrogen-bond donors (Lipinski definition) is 2. The van der Waals surface area contributed by atoms with E-state index in [-0.39, 0.29) is 11.7 Å². The van der Waals surface area contributed by atoms with Gasteiger partial charge in [-0.15, -0.1) is 0 Å². The number of halogens is 1. The molecule has 1 aromatic carbocycles. The van der Waals surface area contributed by atoms with Crippen LogP contribution in [-0.4, -0.2) is 29.0 Å². The zero-order chi connectivity index (χ0) is 16.5. The van der Waals surface area contributed by atoms with Crippen LogP contribution in [0.15, 0.2) is 36.7 Å². The lowest BCUT2D eigenvalue weighted by Gasteiger charge is -2.06. The minimum atomic E-state index is -0.262. The van der Waals surface area contributed by atoms with E-state index < -0.39 is 0 Å². The number of benzene rings is 1. The Morgan fingerprint density at radius 2 is 1.83 bits per heavy atom. The van der Waals surface area contributed by atoms with Crippen molar-refractivity contribution in [3.63, 3.8) is 0 Å². The summed E-state index contributed by atoms with van der Waals surface area (Å²) in [5.41, 5.74) is 1.39. The second kappa shape index (κ2) is 8.82. The van der Waals surface area contributed by atoms with Crippen LogP contribution in [0.4, 0.5) is 10.3 Å². The smallest absolute Gasteiger partial charge is 0.254 e. The summed E-state index contributed by atoms with van der Waals surface area (Å²) >= 11 is 0. The number of nitrogens with zero attached hydrogens (tertiary/aromatic N) is 2. The second-order valence-electron chi connectivity index (χ2n) is 5.21. The summed E-state index contributed by atoms with van der Waals surface area (Å²) in [6.07, 6.45) is 5.81. The molecule has 6 heteroatoms. The van der Waals surface area contributed by atoms with Crippen molar-refractivity contribution in [2.75, 3.05) is 18.4 Å². The second-order valence-corrected chi connectivity index (χ2v) is 5.21. The van der Waals surface area contributed by atoms with Crippen LogP contribution < -0.4 is 10.6 Å². The van der Waals surface area contributed by atoms with Crippen LogP contribution in [0.1, 0.15) is 35.7 Å². The van der Waals surface area contributed by atoms with Crippen molar-refractivity contribution >= 4 is 11.9 Å². The minimum absolute atomic E-state index is 0.216. The van der Waals surface area contributed by atoms with Crippen molar-refractivity contribution in [1.82, 2.24) is 15.3 Å². The first-order chi connectivity index (χ1) is 11.2. The van der Waals surface area contributed by atoms with E-state index in [1.54, 1.807) is 12.1 Å². The summed E-state index contributed by atoms with van der Waals surface area (Å²) in [6, 6.07) is 6.24. The molecular formula is C17H21FN4O. The van der Waals surface area contributed by atoms with Crippen molar-refractivity contribution in [3.8, 4) is 0 Å². The van der Waals surface area contributed by atoms with Gasteiger partial charge in [-0.3, -0.25) is 4.79 Å². The molecule has 0 aliphatic heterocycles. The van der Waals surface area contributed by atoms with Gasteiger partial charge in [0.2, 0.25) is 5.95 Å². The van der Waals surface area contributed by atoms with Gasteiger partial charge in [0.25, 0.3) is 5.91 Å². The van der Waals surface area contributed by atoms with E-state index in [4.69, 9.17) is 0 Å². The number of rotatable bonds is 8. The van der Waals surface area contributed by atoms with Gasteiger partial charge in [-0.25, -0.2) is 14.4 Å². The first kappa shape index (κ1) is 16.9. The van der Waals surface area contributed by atoms with Gasteiger partial charge in [-0.05, 0) is 30.5 Å². The van der Waals surface area contributed by atoms with Crippen molar-refractivity contribution < 1.29 is 9.18 Å². The molecule has 1 heterocycles. The number of aromatic nitrogens is 2. The molecule has 122 valence electrons. The topological polar surface area (TPSA) is 66.9 Å². The quantitative estimate of drug-likeness (QED) is 0.735. The molecule has 0 fully saturated rings. The third-order valence-electron chi connectivity index (χ3n) is 3.34. The number of amides is 1. The fraction of sp³-hybridized carbons (Fsp3) is 0.353. The van der Waals surface area contributed by atoms with Crippen LogP contribution >= 0.6 is 0 Å².